The fourth-order valence-corrected chi connectivity index (χ4v) is 5.49. The molecule has 0 unspecified atom stereocenters. The molecule has 2 fully saturated rings. The highest BCUT2D eigenvalue weighted by molar-refractivity contribution is 6.30. The summed E-state index contributed by atoms with van der Waals surface area (Å²) in [6.45, 7) is -0.311. The topological polar surface area (TPSA) is 72.1 Å². The third-order valence-corrected chi connectivity index (χ3v) is 7.14. The van der Waals surface area contributed by atoms with E-state index in [-0.39, 0.29) is 24.5 Å². The Balaban J connectivity index is 1.24. The minimum atomic E-state index is -0.363. The predicted octanol–water partition coefficient (Wildman–Crippen LogP) is 4.98. The Labute approximate surface area is 186 Å². The average molecular weight is 441 g/mol. The minimum Gasteiger partial charge on any atom is -0.467 e. The molecule has 0 spiro atoms. The second kappa shape index (κ2) is 8.50. The molecular formula is C24H25ClN2O4. The highest BCUT2D eigenvalue weighted by atomic mass is 35.5. The molecule has 2 aromatic rings. The predicted molar refractivity (Wildman–Crippen MR) is 115 cm³/mol. The Morgan fingerprint density at radius 2 is 2.00 bits per heavy atom. The molecule has 3 aliphatic rings. The first kappa shape index (κ1) is 20.3. The van der Waals surface area contributed by atoms with Crippen molar-refractivity contribution in [3.63, 3.8) is 0 Å². The average Bonchev–Trinajstić information content (AvgIpc) is 3.56. The second-order valence-electron chi connectivity index (χ2n) is 8.83. The molecule has 7 heteroatoms. The van der Waals surface area contributed by atoms with Crippen molar-refractivity contribution in [3.05, 3.63) is 59.0 Å². The Morgan fingerprint density at radius 1 is 1.16 bits per heavy atom. The van der Waals surface area contributed by atoms with Crippen molar-refractivity contribution in [2.75, 3.05) is 6.61 Å². The van der Waals surface area contributed by atoms with Gasteiger partial charge in [0.1, 0.15) is 11.8 Å². The summed E-state index contributed by atoms with van der Waals surface area (Å²) in [4.78, 5) is 25.3. The van der Waals surface area contributed by atoms with E-state index >= 15 is 0 Å². The normalized spacial score (nSPS) is 26.9. The second-order valence-corrected chi connectivity index (χ2v) is 9.26. The van der Waals surface area contributed by atoms with Crippen molar-refractivity contribution in [2.24, 2.45) is 22.9 Å². The molecule has 4 atom stereocenters. The highest BCUT2D eigenvalue weighted by Gasteiger charge is 2.41. The fraction of sp³-hybridized carbons (Fsp3) is 0.458. The molecule has 0 radical (unpaired) electrons. The van der Waals surface area contributed by atoms with E-state index in [9.17, 15) is 9.59 Å². The van der Waals surface area contributed by atoms with Gasteiger partial charge in [0, 0.05) is 17.9 Å². The smallest absolute Gasteiger partial charge is 0.306 e. The van der Waals surface area contributed by atoms with Crippen LogP contribution in [0.25, 0.3) is 0 Å². The number of rotatable bonds is 6. The lowest BCUT2D eigenvalue weighted by Crippen LogP contribution is -2.31. The van der Waals surface area contributed by atoms with Gasteiger partial charge in [-0.25, -0.2) is 5.01 Å². The molecule has 31 heavy (non-hydrogen) atoms. The Hall–Kier alpha value is -2.60. The lowest BCUT2D eigenvalue weighted by Gasteiger charge is -2.21. The zero-order valence-electron chi connectivity index (χ0n) is 17.2. The van der Waals surface area contributed by atoms with E-state index in [1.807, 2.05) is 18.2 Å². The number of carbonyl (C=O) groups excluding carboxylic acids is 2. The van der Waals surface area contributed by atoms with E-state index in [0.29, 0.717) is 35.5 Å². The largest absolute Gasteiger partial charge is 0.467 e. The van der Waals surface area contributed by atoms with Crippen molar-refractivity contribution in [1.82, 2.24) is 5.01 Å². The van der Waals surface area contributed by atoms with Gasteiger partial charge in [-0.1, -0.05) is 30.2 Å². The van der Waals surface area contributed by atoms with Gasteiger partial charge >= 0.3 is 5.97 Å². The number of esters is 1. The number of nitrogens with zero attached hydrogens (tertiary/aromatic N) is 2. The molecule has 1 aliphatic heterocycles. The van der Waals surface area contributed by atoms with Crippen LogP contribution in [0.2, 0.25) is 5.02 Å². The fourth-order valence-electron chi connectivity index (χ4n) is 5.37. The maximum absolute atomic E-state index is 12.9. The summed E-state index contributed by atoms with van der Waals surface area (Å²) in [5, 5.41) is 6.57. The quantitative estimate of drug-likeness (QED) is 0.594. The Morgan fingerprint density at radius 3 is 2.68 bits per heavy atom. The van der Waals surface area contributed by atoms with E-state index in [4.69, 9.17) is 20.8 Å². The number of amides is 1. The van der Waals surface area contributed by atoms with Gasteiger partial charge in [0.25, 0.3) is 5.91 Å². The van der Waals surface area contributed by atoms with E-state index in [1.165, 1.54) is 24.3 Å². The van der Waals surface area contributed by atoms with Gasteiger partial charge in [-0.2, -0.15) is 5.10 Å². The van der Waals surface area contributed by atoms with Crippen LogP contribution in [-0.4, -0.2) is 29.2 Å². The van der Waals surface area contributed by atoms with Gasteiger partial charge < -0.3 is 9.15 Å². The molecule has 162 valence electrons. The molecule has 5 rings (SSSR count). The van der Waals surface area contributed by atoms with E-state index in [1.54, 1.807) is 24.5 Å². The number of benzene rings is 1. The van der Waals surface area contributed by atoms with Gasteiger partial charge in [0.05, 0.1) is 12.0 Å². The molecule has 1 aromatic carbocycles. The molecule has 6 nitrogen and oxygen atoms in total. The lowest BCUT2D eigenvalue weighted by atomic mass is 9.86. The number of hydrazone groups is 1. The van der Waals surface area contributed by atoms with Gasteiger partial charge in [-0.3, -0.25) is 9.59 Å². The SMILES string of the molecule is O=C(C[C@H]1C[C@@H]2CC[C@@H]1C2)OCC(=O)N1N=C(c2ccc(Cl)cc2)C[C@H]1c1ccco1. The zero-order valence-corrected chi connectivity index (χ0v) is 18.0. The van der Waals surface area contributed by atoms with Crippen LogP contribution in [0.5, 0.6) is 0 Å². The number of carbonyl (C=O) groups is 2. The molecule has 0 N–H and O–H groups in total. The first-order chi connectivity index (χ1) is 15.1. The van der Waals surface area contributed by atoms with Crippen LogP contribution in [0.15, 0.2) is 52.2 Å². The standard InChI is InChI=1S/C24H25ClN2O4/c25-19-7-5-16(6-8-19)20-13-21(22-2-1-9-30-22)27(26-20)23(28)14-31-24(29)12-18-11-15-3-4-17(18)10-15/h1-2,5-9,15,17-18,21H,3-4,10-14H2/t15-,17-,18-,21+/m1/s1. The number of ether oxygens (including phenoxy) is 1. The maximum Gasteiger partial charge on any atom is 0.306 e. The van der Waals surface area contributed by atoms with Crippen LogP contribution in [0.1, 0.15) is 55.9 Å². The molecule has 2 saturated carbocycles. The number of furan rings is 1. The highest BCUT2D eigenvalue weighted by Crippen LogP contribution is 2.49. The van der Waals surface area contributed by atoms with E-state index in [0.717, 1.165) is 23.6 Å². The summed E-state index contributed by atoms with van der Waals surface area (Å²) in [5.41, 5.74) is 1.66. The monoisotopic (exact) mass is 440 g/mol. The van der Waals surface area contributed by atoms with Crippen LogP contribution in [0, 0.1) is 17.8 Å². The minimum absolute atomic E-state index is 0.290. The molecule has 2 heterocycles. The van der Waals surface area contributed by atoms with Crippen molar-refractivity contribution in [1.29, 1.82) is 0 Å². The summed E-state index contributed by atoms with van der Waals surface area (Å²) in [5.74, 6) is 1.85. The van der Waals surface area contributed by atoms with Gasteiger partial charge in [-0.15, -0.1) is 0 Å². The summed E-state index contributed by atoms with van der Waals surface area (Å²) in [6.07, 6.45) is 7.39. The van der Waals surface area contributed by atoms with E-state index in [2.05, 4.69) is 5.10 Å². The lowest BCUT2D eigenvalue weighted by molar-refractivity contribution is -0.154. The van der Waals surface area contributed by atoms with Gasteiger partial charge in [-0.05, 0) is 66.8 Å². The number of hydrogen-bond donors (Lipinski definition) is 0. The summed E-state index contributed by atoms with van der Waals surface area (Å²) >= 11 is 5.99. The Kier molecular flexibility index (Phi) is 5.57. The van der Waals surface area contributed by atoms with Gasteiger partial charge in [0.2, 0.25) is 0 Å². The maximum atomic E-state index is 12.9. The Bertz CT molecular complexity index is 986. The summed E-state index contributed by atoms with van der Waals surface area (Å²) < 4.78 is 10.9. The van der Waals surface area contributed by atoms with Crippen LogP contribution < -0.4 is 0 Å². The molecule has 2 bridgehead atoms. The van der Waals surface area contributed by atoms with Crippen molar-refractivity contribution in [3.8, 4) is 0 Å². The molecule has 1 aromatic heterocycles. The number of fused-ring (bicyclic) bond motifs is 2. The third-order valence-electron chi connectivity index (χ3n) is 6.88. The number of halogens is 1. The first-order valence-corrected chi connectivity index (χ1v) is 11.3. The summed E-state index contributed by atoms with van der Waals surface area (Å²) in [6, 6.07) is 10.6. The molecular weight excluding hydrogens is 416 g/mol. The number of hydrogen-bond acceptors (Lipinski definition) is 5. The summed E-state index contributed by atoms with van der Waals surface area (Å²) in [7, 11) is 0. The van der Waals surface area contributed by atoms with Crippen molar-refractivity contribution in [2.45, 2.75) is 44.6 Å². The molecule has 2 aliphatic carbocycles. The van der Waals surface area contributed by atoms with E-state index < -0.39 is 0 Å². The third kappa shape index (κ3) is 4.26. The van der Waals surface area contributed by atoms with Crippen LogP contribution >= 0.6 is 11.6 Å². The first-order valence-electron chi connectivity index (χ1n) is 10.9. The van der Waals surface area contributed by atoms with Crippen molar-refractivity contribution < 1.29 is 18.7 Å². The van der Waals surface area contributed by atoms with Crippen LogP contribution in [0.3, 0.4) is 0 Å². The molecule has 0 saturated heterocycles. The zero-order chi connectivity index (χ0) is 21.4. The van der Waals surface area contributed by atoms with Gasteiger partial charge in [0.15, 0.2) is 6.61 Å². The van der Waals surface area contributed by atoms with Crippen molar-refractivity contribution >= 4 is 29.2 Å². The van der Waals surface area contributed by atoms with Crippen LogP contribution in [-0.2, 0) is 14.3 Å². The molecule has 1 amide bonds. The van der Waals surface area contributed by atoms with Crippen LogP contribution in [0.4, 0.5) is 0 Å².